The van der Waals surface area contributed by atoms with Crippen LogP contribution in [0.15, 0.2) is 30.3 Å². The maximum absolute atomic E-state index is 11.2. The average Bonchev–Trinajstić information content (AvgIpc) is 2.40. The van der Waals surface area contributed by atoms with E-state index >= 15 is 0 Å². The molecule has 0 radical (unpaired) electrons. The summed E-state index contributed by atoms with van der Waals surface area (Å²) in [6.45, 7) is 4.47. The number of carbonyl (C=O) groups excluding carboxylic acids is 2. The van der Waals surface area contributed by atoms with Crippen molar-refractivity contribution in [2.75, 3.05) is 5.33 Å². The number of rotatable bonds is 5. The molecule has 1 amide bonds. The van der Waals surface area contributed by atoms with Crippen LogP contribution in [0.3, 0.4) is 0 Å². The molecule has 0 atom stereocenters. The Labute approximate surface area is 111 Å². The maximum Gasteiger partial charge on any atom is 0.227 e. The van der Waals surface area contributed by atoms with Crippen LogP contribution in [0.25, 0.3) is 0 Å². The van der Waals surface area contributed by atoms with Gasteiger partial charge in [0.25, 0.3) is 0 Å². The Balaban J connectivity index is 0.00000121. The van der Waals surface area contributed by atoms with E-state index < -0.39 is 0 Å². The fourth-order valence-electron chi connectivity index (χ4n) is 1.09. The number of hydrogen-bond donors (Lipinski definition) is 1. The van der Waals surface area contributed by atoms with E-state index in [2.05, 4.69) is 21.2 Å². The second-order valence-corrected chi connectivity index (χ2v) is 3.67. The van der Waals surface area contributed by atoms with Gasteiger partial charge in [-0.3, -0.25) is 9.59 Å². The Morgan fingerprint density at radius 2 is 1.76 bits per heavy atom. The highest BCUT2D eigenvalue weighted by Gasteiger charge is 2.06. The van der Waals surface area contributed by atoms with Crippen molar-refractivity contribution >= 4 is 27.6 Å². The molecule has 0 bridgehead atoms. The fourth-order valence-corrected chi connectivity index (χ4v) is 1.28. The molecule has 0 saturated heterocycles. The molecule has 0 aromatic heterocycles. The molecule has 1 aromatic rings. The molecule has 0 aliphatic heterocycles. The number of hydrogen-bond acceptors (Lipinski definition) is 2. The summed E-state index contributed by atoms with van der Waals surface area (Å²) in [5, 5.41) is 2.91. The van der Waals surface area contributed by atoms with Crippen molar-refractivity contribution in [3.63, 3.8) is 0 Å². The smallest absolute Gasteiger partial charge is 0.227 e. The number of Topliss-reactive ketones (excluding diaryl/α,β-unsaturated/α-hetero) is 1. The highest BCUT2D eigenvalue weighted by atomic mass is 79.9. The normalized spacial score (nSPS) is 8.88. The topological polar surface area (TPSA) is 46.2 Å². The van der Waals surface area contributed by atoms with Crippen molar-refractivity contribution in [3.8, 4) is 0 Å². The van der Waals surface area contributed by atoms with Crippen molar-refractivity contribution in [3.05, 3.63) is 35.9 Å². The molecule has 94 valence electrons. The van der Waals surface area contributed by atoms with Gasteiger partial charge in [0, 0.05) is 6.54 Å². The minimum atomic E-state index is -0.233. The number of benzene rings is 1. The molecule has 1 aromatic carbocycles. The summed E-state index contributed by atoms with van der Waals surface area (Å²) in [5.74, 6) is -0.344. The summed E-state index contributed by atoms with van der Waals surface area (Å²) in [6, 6.07) is 9.58. The lowest BCUT2D eigenvalue weighted by molar-refractivity contribution is -0.127. The van der Waals surface area contributed by atoms with Crippen LogP contribution in [0.1, 0.15) is 25.8 Å². The van der Waals surface area contributed by atoms with E-state index in [1.54, 1.807) is 0 Å². The van der Waals surface area contributed by atoms with Crippen LogP contribution >= 0.6 is 15.9 Å². The number of halogens is 1. The van der Waals surface area contributed by atoms with Gasteiger partial charge >= 0.3 is 0 Å². The first-order chi connectivity index (χ1) is 8.22. The first-order valence-corrected chi connectivity index (χ1v) is 6.73. The molecule has 4 heteroatoms. The molecule has 0 aliphatic rings. The summed E-state index contributed by atoms with van der Waals surface area (Å²) in [6.07, 6.45) is -0.0575. The summed E-state index contributed by atoms with van der Waals surface area (Å²) in [7, 11) is 0. The molecule has 0 aliphatic carbocycles. The van der Waals surface area contributed by atoms with Gasteiger partial charge in [-0.25, -0.2) is 0 Å². The summed E-state index contributed by atoms with van der Waals surface area (Å²) < 4.78 is 0. The largest absolute Gasteiger partial charge is 0.352 e. The Bertz CT molecular complexity index is 339. The zero-order valence-corrected chi connectivity index (χ0v) is 11.8. The molecule has 0 fully saturated rings. The van der Waals surface area contributed by atoms with E-state index in [9.17, 15) is 9.59 Å². The molecular weight excluding hydrogens is 282 g/mol. The Morgan fingerprint density at radius 3 is 2.29 bits per heavy atom. The standard InChI is InChI=1S/C11H12BrNO2.C2H6/c12-7-10(14)6-11(15)13-8-9-4-2-1-3-5-9;1-2/h1-5H,6-8H2,(H,13,15);1-2H3. The van der Waals surface area contributed by atoms with Crippen LogP contribution < -0.4 is 5.32 Å². The van der Waals surface area contributed by atoms with E-state index in [0.717, 1.165) is 5.56 Å². The summed E-state index contributed by atoms with van der Waals surface area (Å²) >= 11 is 3.01. The fraction of sp³-hybridized carbons (Fsp3) is 0.385. The zero-order chi connectivity index (χ0) is 13.1. The molecular formula is C13H18BrNO2. The Morgan fingerprint density at radius 1 is 1.18 bits per heavy atom. The number of nitrogens with one attached hydrogen (secondary N) is 1. The van der Waals surface area contributed by atoms with Gasteiger partial charge in [0.05, 0.1) is 11.8 Å². The number of alkyl halides is 1. The quantitative estimate of drug-likeness (QED) is 0.671. The van der Waals surface area contributed by atoms with Crippen LogP contribution in [0, 0.1) is 0 Å². The van der Waals surface area contributed by atoms with Crippen LogP contribution in [0.2, 0.25) is 0 Å². The van der Waals surface area contributed by atoms with Gasteiger partial charge in [-0.1, -0.05) is 60.1 Å². The van der Waals surface area contributed by atoms with Crippen LogP contribution in [0.5, 0.6) is 0 Å². The van der Waals surface area contributed by atoms with Crippen molar-refractivity contribution in [1.29, 1.82) is 0 Å². The molecule has 0 saturated carbocycles. The molecule has 0 spiro atoms. The lowest BCUT2D eigenvalue weighted by Gasteiger charge is -2.03. The van der Waals surface area contributed by atoms with Gasteiger partial charge in [0.15, 0.2) is 5.78 Å². The van der Waals surface area contributed by atoms with Gasteiger partial charge < -0.3 is 5.32 Å². The summed E-state index contributed by atoms with van der Waals surface area (Å²) in [4.78, 5) is 22.2. The molecule has 0 heterocycles. The lowest BCUT2D eigenvalue weighted by atomic mass is 10.2. The minimum absolute atomic E-state index is 0.0575. The maximum atomic E-state index is 11.2. The third-order valence-corrected chi connectivity index (χ3v) is 2.46. The van der Waals surface area contributed by atoms with E-state index in [1.165, 1.54) is 0 Å². The zero-order valence-electron chi connectivity index (χ0n) is 10.2. The van der Waals surface area contributed by atoms with Gasteiger partial charge in [-0.2, -0.15) is 0 Å². The molecule has 3 nitrogen and oxygen atoms in total. The highest BCUT2D eigenvalue weighted by Crippen LogP contribution is 1.97. The predicted molar refractivity (Wildman–Crippen MR) is 73.1 cm³/mol. The van der Waals surface area contributed by atoms with Gasteiger partial charge in [0.2, 0.25) is 5.91 Å². The van der Waals surface area contributed by atoms with Crippen molar-refractivity contribution < 1.29 is 9.59 Å². The van der Waals surface area contributed by atoms with Crippen LogP contribution in [-0.4, -0.2) is 17.0 Å². The van der Waals surface area contributed by atoms with Crippen LogP contribution in [-0.2, 0) is 16.1 Å². The number of carbonyl (C=O) groups is 2. The average molecular weight is 300 g/mol. The molecule has 1 rings (SSSR count). The third kappa shape index (κ3) is 7.69. The third-order valence-electron chi connectivity index (χ3n) is 1.84. The van der Waals surface area contributed by atoms with E-state index in [1.807, 2.05) is 44.2 Å². The number of amides is 1. The first-order valence-electron chi connectivity index (χ1n) is 5.60. The highest BCUT2D eigenvalue weighted by molar-refractivity contribution is 9.09. The predicted octanol–water partition coefficient (Wildman–Crippen LogP) is 2.68. The van der Waals surface area contributed by atoms with Crippen molar-refractivity contribution in [2.45, 2.75) is 26.8 Å². The Hall–Kier alpha value is -1.16. The molecule has 0 unspecified atom stereocenters. The van der Waals surface area contributed by atoms with E-state index in [0.29, 0.717) is 6.54 Å². The van der Waals surface area contributed by atoms with Gasteiger partial charge in [-0.05, 0) is 5.56 Å². The SMILES string of the molecule is CC.O=C(CBr)CC(=O)NCc1ccccc1. The van der Waals surface area contributed by atoms with E-state index in [-0.39, 0.29) is 23.4 Å². The van der Waals surface area contributed by atoms with Crippen LogP contribution in [0.4, 0.5) is 0 Å². The van der Waals surface area contributed by atoms with Crippen molar-refractivity contribution in [2.24, 2.45) is 0 Å². The Kier molecular flexibility index (Phi) is 9.34. The first kappa shape index (κ1) is 15.8. The second kappa shape index (κ2) is 10.0. The second-order valence-electron chi connectivity index (χ2n) is 3.11. The lowest BCUT2D eigenvalue weighted by Crippen LogP contribution is -2.25. The molecule has 1 N–H and O–H groups in total. The number of ketones is 1. The van der Waals surface area contributed by atoms with E-state index in [4.69, 9.17) is 0 Å². The minimum Gasteiger partial charge on any atom is -0.352 e. The molecule has 17 heavy (non-hydrogen) atoms. The van der Waals surface area contributed by atoms with Gasteiger partial charge in [0.1, 0.15) is 0 Å². The summed E-state index contributed by atoms with van der Waals surface area (Å²) in [5.41, 5.74) is 1.03. The monoisotopic (exact) mass is 299 g/mol. The van der Waals surface area contributed by atoms with Crippen molar-refractivity contribution in [1.82, 2.24) is 5.32 Å². The van der Waals surface area contributed by atoms with Gasteiger partial charge in [-0.15, -0.1) is 0 Å².